The van der Waals surface area contributed by atoms with Gasteiger partial charge in [0.25, 0.3) is 0 Å². The maximum absolute atomic E-state index is 11.9. The fourth-order valence-electron chi connectivity index (χ4n) is 4.22. The summed E-state index contributed by atoms with van der Waals surface area (Å²) in [6, 6.07) is 33.5. The third-order valence-electron chi connectivity index (χ3n) is 5.53. The molecule has 1 unspecified atom stereocenters. The molecule has 4 nitrogen and oxygen atoms in total. The van der Waals surface area contributed by atoms with Crippen LogP contribution >= 0.6 is 7.82 Å². The minimum absolute atomic E-state index is 0.114. The Morgan fingerprint density at radius 2 is 1.28 bits per heavy atom. The van der Waals surface area contributed by atoms with Gasteiger partial charge in [-0.05, 0) is 40.3 Å². The highest BCUT2D eigenvalue weighted by Crippen LogP contribution is 2.49. The van der Waals surface area contributed by atoms with E-state index in [4.69, 9.17) is 4.52 Å². The van der Waals surface area contributed by atoms with Crippen LogP contribution in [0.4, 0.5) is 0 Å². The van der Waals surface area contributed by atoms with Gasteiger partial charge in [-0.1, -0.05) is 104 Å². The fraction of sp³-hybridized carbons (Fsp3) is 0.111. The third kappa shape index (κ3) is 4.84. The zero-order chi connectivity index (χ0) is 22.6. The lowest BCUT2D eigenvalue weighted by Crippen LogP contribution is -2.07. The molecule has 1 atom stereocenters. The monoisotopic (exact) mass is 444 g/mol. The first-order chi connectivity index (χ1) is 15.5. The average Bonchev–Trinajstić information content (AvgIpc) is 2.81. The van der Waals surface area contributed by atoms with Crippen LogP contribution in [0.3, 0.4) is 0 Å². The van der Waals surface area contributed by atoms with Crippen LogP contribution in [0, 0.1) is 0 Å². The van der Waals surface area contributed by atoms with E-state index >= 15 is 0 Å². The molecule has 162 valence electrons. The van der Waals surface area contributed by atoms with E-state index in [1.807, 2.05) is 97.1 Å². The van der Waals surface area contributed by atoms with Gasteiger partial charge in [0.2, 0.25) is 0 Å². The molecule has 4 rings (SSSR count). The molecule has 0 fully saturated rings. The van der Waals surface area contributed by atoms with Crippen LogP contribution in [0.5, 0.6) is 5.75 Å². The van der Waals surface area contributed by atoms with Crippen molar-refractivity contribution < 1.29 is 18.9 Å². The molecule has 32 heavy (non-hydrogen) atoms. The molecule has 5 heteroatoms. The summed E-state index contributed by atoms with van der Waals surface area (Å²) in [6.07, 6.45) is 0.736. The Kier molecular flexibility index (Phi) is 6.57. The lowest BCUT2D eigenvalue weighted by Gasteiger charge is -2.26. The Hall–Kier alpha value is -3.17. The number of rotatable bonds is 7. The number of hydrogen-bond acceptors (Lipinski definition) is 2. The first-order valence-corrected chi connectivity index (χ1v) is 12.1. The standard InChI is InChI=1S/C27H25O4P/c1-2-23(20-12-6-3-7-13-20)27-25(31-32(28,29)30)19-18-24(21-14-8-4-9-15-21)26(27)22-16-10-5-11-17-22/h3-19,23H,2H2,1H3,(H2,28,29,30). The van der Waals surface area contributed by atoms with Gasteiger partial charge < -0.3 is 4.52 Å². The molecule has 0 amide bonds. The van der Waals surface area contributed by atoms with Crippen LogP contribution in [0.2, 0.25) is 0 Å². The summed E-state index contributed by atoms with van der Waals surface area (Å²) in [4.78, 5) is 19.3. The van der Waals surface area contributed by atoms with E-state index < -0.39 is 7.82 Å². The van der Waals surface area contributed by atoms with Gasteiger partial charge in [0.05, 0.1) is 0 Å². The zero-order valence-electron chi connectivity index (χ0n) is 17.8. The minimum Gasteiger partial charge on any atom is -0.404 e. The first kappa shape index (κ1) is 22.0. The zero-order valence-corrected chi connectivity index (χ0v) is 18.7. The lowest BCUT2D eigenvalue weighted by atomic mass is 9.80. The van der Waals surface area contributed by atoms with Gasteiger partial charge in [-0.15, -0.1) is 0 Å². The number of phosphoric ester groups is 1. The van der Waals surface area contributed by atoms with Crippen molar-refractivity contribution in [3.8, 4) is 28.0 Å². The smallest absolute Gasteiger partial charge is 0.404 e. The van der Waals surface area contributed by atoms with E-state index in [-0.39, 0.29) is 11.7 Å². The predicted molar refractivity (Wildman–Crippen MR) is 129 cm³/mol. The number of phosphoric acid groups is 1. The second kappa shape index (κ2) is 9.54. The van der Waals surface area contributed by atoms with Crippen LogP contribution in [-0.4, -0.2) is 9.79 Å². The Labute approximate surface area is 188 Å². The topological polar surface area (TPSA) is 66.8 Å². The summed E-state index contributed by atoms with van der Waals surface area (Å²) >= 11 is 0. The second-order valence-electron chi connectivity index (χ2n) is 7.59. The van der Waals surface area contributed by atoms with Crippen molar-refractivity contribution in [2.75, 3.05) is 0 Å². The molecule has 0 aliphatic rings. The molecule has 0 radical (unpaired) electrons. The van der Waals surface area contributed by atoms with E-state index in [0.717, 1.165) is 39.8 Å². The maximum atomic E-state index is 11.9. The van der Waals surface area contributed by atoms with Gasteiger partial charge in [0.15, 0.2) is 0 Å². The van der Waals surface area contributed by atoms with Crippen molar-refractivity contribution in [1.29, 1.82) is 0 Å². The summed E-state index contributed by atoms with van der Waals surface area (Å²) in [6.45, 7) is 2.07. The van der Waals surface area contributed by atoms with Gasteiger partial charge in [-0.3, -0.25) is 9.79 Å². The highest BCUT2D eigenvalue weighted by atomic mass is 31.2. The van der Waals surface area contributed by atoms with Crippen molar-refractivity contribution in [1.82, 2.24) is 0 Å². The van der Waals surface area contributed by atoms with Crippen molar-refractivity contribution >= 4 is 7.82 Å². The molecule has 0 spiro atoms. The van der Waals surface area contributed by atoms with Crippen molar-refractivity contribution in [2.24, 2.45) is 0 Å². The predicted octanol–water partition coefficient (Wildman–Crippen LogP) is 7.03. The van der Waals surface area contributed by atoms with Crippen LogP contribution in [0.15, 0.2) is 103 Å². The molecule has 0 saturated carbocycles. The highest BCUT2D eigenvalue weighted by molar-refractivity contribution is 7.46. The summed E-state index contributed by atoms with van der Waals surface area (Å²) in [7, 11) is -4.75. The minimum atomic E-state index is -4.75. The van der Waals surface area contributed by atoms with E-state index in [1.54, 1.807) is 6.07 Å². The van der Waals surface area contributed by atoms with Gasteiger partial charge >= 0.3 is 7.82 Å². The lowest BCUT2D eigenvalue weighted by molar-refractivity contribution is 0.282. The molecule has 0 saturated heterocycles. The first-order valence-electron chi connectivity index (χ1n) is 10.6. The molecular formula is C27H25O4P. The third-order valence-corrected chi connectivity index (χ3v) is 5.96. The van der Waals surface area contributed by atoms with Gasteiger partial charge in [-0.25, -0.2) is 4.57 Å². The summed E-state index contributed by atoms with van der Waals surface area (Å²) in [5.41, 5.74) is 5.73. The molecule has 0 heterocycles. The molecular weight excluding hydrogens is 419 g/mol. The quantitative estimate of drug-likeness (QED) is 0.300. The van der Waals surface area contributed by atoms with Gasteiger partial charge in [0, 0.05) is 11.5 Å². The fourth-order valence-corrected chi connectivity index (χ4v) is 4.64. The van der Waals surface area contributed by atoms with Crippen LogP contribution in [0.1, 0.15) is 30.4 Å². The maximum Gasteiger partial charge on any atom is 0.524 e. The summed E-state index contributed by atoms with van der Waals surface area (Å²) in [5, 5.41) is 0. The number of benzene rings is 4. The van der Waals surface area contributed by atoms with E-state index in [0.29, 0.717) is 0 Å². The molecule has 4 aromatic carbocycles. The summed E-state index contributed by atoms with van der Waals surface area (Å²) < 4.78 is 17.1. The Morgan fingerprint density at radius 1 is 0.750 bits per heavy atom. The van der Waals surface area contributed by atoms with Crippen molar-refractivity contribution in [2.45, 2.75) is 19.3 Å². The Morgan fingerprint density at radius 3 is 1.81 bits per heavy atom. The average molecular weight is 444 g/mol. The van der Waals surface area contributed by atoms with E-state index in [1.165, 1.54) is 0 Å². The second-order valence-corrected chi connectivity index (χ2v) is 8.75. The van der Waals surface area contributed by atoms with Crippen LogP contribution < -0.4 is 4.52 Å². The van der Waals surface area contributed by atoms with Gasteiger partial charge in [0.1, 0.15) is 5.75 Å². The Balaban J connectivity index is 2.08. The Bertz CT molecular complexity index is 1220. The highest BCUT2D eigenvalue weighted by Gasteiger charge is 2.28. The largest absolute Gasteiger partial charge is 0.524 e. The molecule has 0 aliphatic heterocycles. The number of hydrogen-bond donors (Lipinski definition) is 2. The van der Waals surface area contributed by atoms with Crippen molar-refractivity contribution in [3.63, 3.8) is 0 Å². The van der Waals surface area contributed by atoms with Crippen LogP contribution in [-0.2, 0) is 4.57 Å². The van der Waals surface area contributed by atoms with E-state index in [9.17, 15) is 14.4 Å². The van der Waals surface area contributed by atoms with Gasteiger partial charge in [-0.2, -0.15) is 0 Å². The molecule has 0 aromatic heterocycles. The SMILES string of the molecule is CCC(c1ccccc1)c1c(OP(=O)(O)O)ccc(-c2ccccc2)c1-c1ccccc1. The summed E-state index contributed by atoms with van der Waals surface area (Å²) in [5.74, 6) is 0.0872. The molecule has 0 aliphatic carbocycles. The molecule has 2 N–H and O–H groups in total. The van der Waals surface area contributed by atoms with Crippen LogP contribution in [0.25, 0.3) is 22.3 Å². The normalized spacial score (nSPS) is 12.3. The molecule has 0 bridgehead atoms. The molecule has 4 aromatic rings. The van der Waals surface area contributed by atoms with E-state index in [2.05, 4.69) is 6.92 Å². The van der Waals surface area contributed by atoms with Crippen molar-refractivity contribution in [3.05, 3.63) is 114 Å².